The molecular formula is C12H15ClN2O2. The minimum absolute atomic E-state index is 0. The second-order valence-electron chi connectivity index (χ2n) is 3.93. The number of amides is 1. The highest BCUT2D eigenvalue weighted by molar-refractivity contribution is 5.92. The Morgan fingerprint density at radius 1 is 1.47 bits per heavy atom. The van der Waals surface area contributed by atoms with Gasteiger partial charge in [0.15, 0.2) is 0 Å². The van der Waals surface area contributed by atoms with Gasteiger partial charge in [0, 0.05) is 23.4 Å². The van der Waals surface area contributed by atoms with E-state index in [2.05, 4.69) is 5.32 Å². The van der Waals surface area contributed by atoms with Crippen molar-refractivity contribution in [3.8, 4) is 5.75 Å². The lowest BCUT2D eigenvalue weighted by atomic mass is 10.1. The summed E-state index contributed by atoms with van der Waals surface area (Å²) in [5.41, 5.74) is 6.68. The van der Waals surface area contributed by atoms with Crippen molar-refractivity contribution in [2.75, 3.05) is 5.73 Å². The van der Waals surface area contributed by atoms with Crippen molar-refractivity contribution < 1.29 is 9.90 Å². The molecule has 2 rings (SSSR count). The highest BCUT2D eigenvalue weighted by Gasteiger charge is 2.21. The zero-order chi connectivity index (χ0) is 11.5. The molecule has 1 saturated carbocycles. The average Bonchev–Trinajstić information content (AvgIpc) is 3.03. The molecule has 1 amide bonds. The predicted molar refractivity (Wildman–Crippen MR) is 70.0 cm³/mol. The first-order chi connectivity index (χ1) is 7.65. The molecule has 1 fully saturated rings. The topological polar surface area (TPSA) is 75.3 Å². The SMILES string of the molecule is Cl.Nc1ccc(O)c(C=CC(=O)NC2CC2)c1. The van der Waals surface area contributed by atoms with Gasteiger partial charge in [-0.2, -0.15) is 0 Å². The Kier molecular flexibility index (Phi) is 4.40. The molecule has 1 aliphatic rings. The first-order valence-corrected chi connectivity index (χ1v) is 5.22. The van der Waals surface area contributed by atoms with Crippen LogP contribution in [-0.2, 0) is 4.79 Å². The first kappa shape index (κ1) is 13.4. The summed E-state index contributed by atoms with van der Waals surface area (Å²) in [6.07, 6.45) is 5.09. The van der Waals surface area contributed by atoms with Crippen molar-refractivity contribution in [1.82, 2.24) is 5.32 Å². The van der Waals surface area contributed by atoms with E-state index >= 15 is 0 Å². The molecule has 0 heterocycles. The molecule has 92 valence electrons. The molecule has 0 spiro atoms. The van der Waals surface area contributed by atoms with Gasteiger partial charge >= 0.3 is 0 Å². The number of aromatic hydroxyl groups is 1. The molecule has 17 heavy (non-hydrogen) atoms. The number of nitrogens with two attached hydrogens (primary N) is 1. The third kappa shape index (κ3) is 4.00. The number of nitrogen functional groups attached to an aromatic ring is 1. The molecule has 1 aromatic carbocycles. The van der Waals surface area contributed by atoms with Gasteiger partial charge < -0.3 is 16.2 Å². The normalized spacial score (nSPS) is 14.4. The minimum Gasteiger partial charge on any atom is -0.507 e. The van der Waals surface area contributed by atoms with Crippen LogP contribution in [0.5, 0.6) is 5.75 Å². The predicted octanol–water partition coefficient (Wildman–Crippen LogP) is 1.69. The summed E-state index contributed by atoms with van der Waals surface area (Å²) >= 11 is 0. The second kappa shape index (κ2) is 5.59. The van der Waals surface area contributed by atoms with Crippen LogP contribution in [0.2, 0.25) is 0 Å². The molecule has 1 aromatic rings. The largest absolute Gasteiger partial charge is 0.507 e. The summed E-state index contributed by atoms with van der Waals surface area (Å²) in [5, 5.41) is 12.3. The summed E-state index contributed by atoms with van der Waals surface area (Å²) in [4.78, 5) is 11.4. The van der Waals surface area contributed by atoms with E-state index in [1.54, 1.807) is 18.2 Å². The van der Waals surface area contributed by atoms with Gasteiger partial charge in [-0.3, -0.25) is 4.79 Å². The number of hydrogen-bond acceptors (Lipinski definition) is 3. The average molecular weight is 255 g/mol. The third-order valence-corrected chi connectivity index (χ3v) is 2.39. The van der Waals surface area contributed by atoms with Crippen molar-refractivity contribution in [2.45, 2.75) is 18.9 Å². The number of benzene rings is 1. The van der Waals surface area contributed by atoms with Crippen LogP contribution in [-0.4, -0.2) is 17.1 Å². The molecule has 4 nitrogen and oxygen atoms in total. The maximum atomic E-state index is 11.4. The fourth-order valence-corrected chi connectivity index (χ4v) is 1.35. The van der Waals surface area contributed by atoms with E-state index < -0.39 is 0 Å². The zero-order valence-corrected chi connectivity index (χ0v) is 10.0. The Morgan fingerprint density at radius 2 is 2.18 bits per heavy atom. The molecular weight excluding hydrogens is 240 g/mol. The molecule has 0 saturated heterocycles. The van der Waals surface area contributed by atoms with Crippen LogP contribution in [0.3, 0.4) is 0 Å². The maximum Gasteiger partial charge on any atom is 0.244 e. The van der Waals surface area contributed by atoms with E-state index in [4.69, 9.17) is 5.73 Å². The summed E-state index contributed by atoms with van der Waals surface area (Å²) in [6, 6.07) is 5.08. The van der Waals surface area contributed by atoms with Crippen molar-refractivity contribution >= 4 is 30.1 Å². The van der Waals surface area contributed by atoms with Crippen molar-refractivity contribution in [3.05, 3.63) is 29.8 Å². The number of rotatable bonds is 3. The number of carbonyl (C=O) groups excluding carboxylic acids is 1. The molecule has 0 unspecified atom stereocenters. The summed E-state index contributed by atoms with van der Waals surface area (Å²) < 4.78 is 0. The standard InChI is InChI=1S/C12H14N2O2.ClH/c13-9-2-5-11(15)8(7-9)1-6-12(16)14-10-3-4-10;/h1-2,5-7,10,15H,3-4,13H2,(H,14,16);1H. The number of anilines is 1. The van der Waals surface area contributed by atoms with Gasteiger partial charge in [-0.1, -0.05) is 0 Å². The smallest absolute Gasteiger partial charge is 0.244 e. The Bertz CT molecular complexity index is 442. The molecule has 0 aliphatic heterocycles. The van der Waals surface area contributed by atoms with E-state index in [1.165, 1.54) is 12.1 Å². The van der Waals surface area contributed by atoms with Crippen molar-refractivity contribution in [3.63, 3.8) is 0 Å². The third-order valence-electron chi connectivity index (χ3n) is 2.39. The maximum absolute atomic E-state index is 11.4. The van der Waals surface area contributed by atoms with Crippen LogP contribution >= 0.6 is 12.4 Å². The lowest BCUT2D eigenvalue weighted by Gasteiger charge is -2.01. The van der Waals surface area contributed by atoms with Gasteiger partial charge in [-0.25, -0.2) is 0 Å². The van der Waals surface area contributed by atoms with Gasteiger partial charge in [-0.05, 0) is 37.1 Å². The Labute approximate surface area is 106 Å². The minimum atomic E-state index is -0.135. The van der Waals surface area contributed by atoms with Gasteiger partial charge in [-0.15, -0.1) is 12.4 Å². The zero-order valence-electron chi connectivity index (χ0n) is 9.22. The van der Waals surface area contributed by atoms with E-state index in [-0.39, 0.29) is 24.1 Å². The molecule has 0 aromatic heterocycles. The lowest BCUT2D eigenvalue weighted by Crippen LogP contribution is -2.22. The van der Waals surface area contributed by atoms with E-state index in [1.807, 2.05) is 0 Å². The van der Waals surface area contributed by atoms with Gasteiger partial charge in [0.25, 0.3) is 0 Å². The molecule has 1 aliphatic carbocycles. The summed E-state index contributed by atoms with van der Waals surface area (Å²) in [7, 11) is 0. The second-order valence-corrected chi connectivity index (χ2v) is 3.93. The van der Waals surface area contributed by atoms with Crippen LogP contribution in [0.25, 0.3) is 6.08 Å². The fraction of sp³-hybridized carbons (Fsp3) is 0.250. The Hall–Kier alpha value is -1.68. The quantitative estimate of drug-likeness (QED) is 0.437. The van der Waals surface area contributed by atoms with Gasteiger partial charge in [0.1, 0.15) is 5.75 Å². The van der Waals surface area contributed by atoms with Crippen LogP contribution in [0.4, 0.5) is 5.69 Å². The number of phenols is 1. The monoisotopic (exact) mass is 254 g/mol. The molecule has 4 N–H and O–H groups in total. The number of nitrogens with one attached hydrogen (secondary N) is 1. The molecule has 0 radical (unpaired) electrons. The van der Waals surface area contributed by atoms with Gasteiger partial charge in [0.05, 0.1) is 0 Å². The number of carbonyl (C=O) groups is 1. The van der Waals surface area contributed by atoms with Crippen LogP contribution < -0.4 is 11.1 Å². The lowest BCUT2D eigenvalue weighted by molar-refractivity contribution is -0.116. The first-order valence-electron chi connectivity index (χ1n) is 5.22. The van der Waals surface area contributed by atoms with Gasteiger partial charge in [0.2, 0.25) is 5.91 Å². The molecule has 0 atom stereocenters. The van der Waals surface area contributed by atoms with E-state index in [9.17, 15) is 9.90 Å². The highest BCUT2D eigenvalue weighted by Crippen LogP contribution is 2.21. The van der Waals surface area contributed by atoms with E-state index in [0.29, 0.717) is 17.3 Å². The summed E-state index contributed by atoms with van der Waals surface area (Å²) in [5.74, 6) is -0.0194. The van der Waals surface area contributed by atoms with Crippen LogP contribution in [0, 0.1) is 0 Å². The fourth-order valence-electron chi connectivity index (χ4n) is 1.35. The highest BCUT2D eigenvalue weighted by atomic mass is 35.5. The number of phenolic OH excluding ortho intramolecular Hbond substituents is 1. The number of hydrogen-bond donors (Lipinski definition) is 3. The Morgan fingerprint density at radius 3 is 2.82 bits per heavy atom. The van der Waals surface area contributed by atoms with Crippen molar-refractivity contribution in [2.24, 2.45) is 0 Å². The Balaban J connectivity index is 0.00000144. The van der Waals surface area contributed by atoms with Crippen LogP contribution in [0.1, 0.15) is 18.4 Å². The summed E-state index contributed by atoms with van der Waals surface area (Å²) in [6.45, 7) is 0. The van der Waals surface area contributed by atoms with Crippen molar-refractivity contribution in [1.29, 1.82) is 0 Å². The van der Waals surface area contributed by atoms with E-state index in [0.717, 1.165) is 12.8 Å². The molecule has 5 heteroatoms. The molecule has 0 bridgehead atoms. The van der Waals surface area contributed by atoms with Crippen LogP contribution in [0.15, 0.2) is 24.3 Å². The number of halogens is 1.